The number of piperidine rings is 1. The van der Waals surface area contributed by atoms with Crippen molar-refractivity contribution in [3.05, 3.63) is 28.8 Å². The van der Waals surface area contributed by atoms with Crippen molar-refractivity contribution >= 4 is 17.5 Å². The lowest BCUT2D eigenvalue weighted by Crippen LogP contribution is -2.49. The molecule has 0 aromatic heterocycles. The van der Waals surface area contributed by atoms with E-state index in [0.29, 0.717) is 22.5 Å². The van der Waals surface area contributed by atoms with Gasteiger partial charge in [-0.05, 0) is 49.8 Å². The monoisotopic (exact) mass is 293 g/mol. The largest absolute Gasteiger partial charge is 0.507 e. The molecule has 1 amide bonds. The number of phenolic OH excluding ortho intramolecular Hbond substituents is 1. The molecule has 0 bridgehead atoms. The molecule has 1 aliphatic carbocycles. The van der Waals surface area contributed by atoms with Crippen molar-refractivity contribution < 1.29 is 9.90 Å². The first-order valence-electron chi connectivity index (χ1n) is 7.46. The second kappa shape index (κ2) is 5.65. The summed E-state index contributed by atoms with van der Waals surface area (Å²) in [4.78, 5) is 14.7. The molecule has 20 heavy (non-hydrogen) atoms. The van der Waals surface area contributed by atoms with Crippen LogP contribution in [0.15, 0.2) is 18.2 Å². The fraction of sp³-hybridized carbons (Fsp3) is 0.562. The Balaban J connectivity index is 1.85. The third-order valence-electron chi connectivity index (χ3n) is 4.69. The molecular weight excluding hydrogens is 274 g/mol. The smallest absolute Gasteiger partial charge is 0.257 e. The fourth-order valence-corrected chi connectivity index (χ4v) is 3.88. The van der Waals surface area contributed by atoms with E-state index < -0.39 is 0 Å². The number of benzene rings is 1. The van der Waals surface area contributed by atoms with Crippen LogP contribution >= 0.6 is 11.6 Å². The summed E-state index contributed by atoms with van der Waals surface area (Å²) in [5.74, 6) is 0.590. The molecular formula is C16H20ClNO2. The Bertz CT molecular complexity index is 515. The number of halogens is 1. The molecule has 0 spiro atoms. The Labute approximate surface area is 124 Å². The maximum absolute atomic E-state index is 12.7. The Morgan fingerprint density at radius 1 is 1.20 bits per heavy atom. The van der Waals surface area contributed by atoms with Gasteiger partial charge in [0.1, 0.15) is 5.75 Å². The van der Waals surface area contributed by atoms with Gasteiger partial charge >= 0.3 is 0 Å². The van der Waals surface area contributed by atoms with Crippen molar-refractivity contribution in [2.24, 2.45) is 5.92 Å². The summed E-state index contributed by atoms with van der Waals surface area (Å²) >= 11 is 5.83. The highest BCUT2D eigenvalue weighted by Crippen LogP contribution is 2.36. The molecule has 3 nitrogen and oxygen atoms in total. The first-order valence-corrected chi connectivity index (χ1v) is 7.84. The normalized spacial score (nSPS) is 26.1. The predicted molar refractivity (Wildman–Crippen MR) is 79.1 cm³/mol. The van der Waals surface area contributed by atoms with Crippen LogP contribution in [0.3, 0.4) is 0 Å². The lowest BCUT2D eigenvalue weighted by atomic mass is 9.78. The van der Waals surface area contributed by atoms with E-state index in [1.807, 2.05) is 4.90 Å². The minimum absolute atomic E-state index is 0.0135. The number of carbonyl (C=O) groups excluding carboxylic acids is 1. The van der Waals surface area contributed by atoms with Gasteiger partial charge in [0.15, 0.2) is 0 Å². The van der Waals surface area contributed by atoms with Gasteiger partial charge in [0.25, 0.3) is 5.91 Å². The lowest BCUT2D eigenvalue weighted by Gasteiger charge is -2.44. The van der Waals surface area contributed by atoms with E-state index in [0.717, 1.165) is 19.4 Å². The molecule has 1 heterocycles. The van der Waals surface area contributed by atoms with Crippen LogP contribution in [0.5, 0.6) is 5.75 Å². The third-order valence-corrected chi connectivity index (χ3v) is 4.93. The number of hydrogen-bond acceptors (Lipinski definition) is 2. The molecule has 1 saturated heterocycles. The van der Waals surface area contributed by atoms with E-state index in [4.69, 9.17) is 11.6 Å². The molecule has 3 rings (SSSR count). The summed E-state index contributed by atoms with van der Waals surface area (Å²) in [7, 11) is 0. The Morgan fingerprint density at radius 3 is 2.75 bits per heavy atom. The number of likely N-dealkylation sites (tertiary alicyclic amines) is 1. The van der Waals surface area contributed by atoms with Crippen LogP contribution in [0, 0.1) is 5.92 Å². The third kappa shape index (κ3) is 2.51. The van der Waals surface area contributed by atoms with Gasteiger partial charge in [0.2, 0.25) is 0 Å². The highest BCUT2D eigenvalue weighted by atomic mass is 35.5. The van der Waals surface area contributed by atoms with Gasteiger partial charge in [-0.1, -0.05) is 24.4 Å². The van der Waals surface area contributed by atoms with Gasteiger partial charge in [-0.15, -0.1) is 0 Å². The van der Waals surface area contributed by atoms with Gasteiger partial charge in [-0.2, -0.15) is 0 Å². The Kier molecular flexibility index (Phi) is 3.88. The zero-order valence-electron chi connectivity index (χ0n) is 11.5. The summed E-state index contributed by atoms with van der Waals surface area (Å²) in [6.07, 6.45) is 7.14. The number of rotatable bonds is 1. The van der Waals surface area contributed by atoms with Crippen LogP contribution in [0.25, 0.3) is 0 Å². The standard InChI is InChI=1S/C16H20ClNO2/c17-12-7-8-13(15(19)10-12)16(20)18-9-3-5-11-4-1-2-6-14(11)18/h7-8,10-11,14,19H,1-6,9H2/t11-,14-/m1/s1. The van der Waals surface area contributed by atoms with E-state index >= 15 is 0 Å². The van der Waals surface area contributed by atoms with Gasteiger partial charge in [-0.25, -0.2) is 0 Å². The van der Waals surface area contributed by atoms with Crippen LogP contribution in [0.4, 0.5) is 0 Å². The quantitative estimate of drug-likeness (QED) is 0.854. The summed E-state index contributed by atoms with van der Waals surface area (Å²) in [5, 5.41) is 10.4. The highest BCUT2D eigenvalue weighted by molar-refractivity contribution is 6.30. The van der Waals surface area contributed by atoms with Crippen molar-refractivity contribution in [1.82, 2.24) is 4.90 Å². The highest BCUT2D eigenvalue weighted by Gasteiger charge is 2.36. The maximum Gasteiger partial charge on any atom is 0.257 e. The first kappa shape index (κ1) is 13.7. The molecule has 2 atom stereocenters. The molecule has 0 unspecified atom stereocenters. The van der Waals surface area contributed by atoms with E-state index in [1.54, 1.807) is 12.1 Å². The number of amides is 1. The molecule has 108 valence electrons. The number of fused-ring (bicyclic) bond motifs is 1. The SMILES string of the molecule is O=C(c1ccc(Cl)cc1O)N1CCC[C@H]2CCCC[C@H]21. The van der Waals surface area contributed by atoms with E-state index in [-0.39, 0.29) is 11.7 Å². The minimum Gasteiger partial charge on any atom is -0.507 e. The number of nitrogens with zero attached hydrogens (tertiary/aromatic N) is 1. The van der Waals surface area contributed by atoms with Crippen molar-refractivity contribution in [3.8, 4) is 5.75 Å². The van der Waals surface area contributed by atoms with Gasteiger partial charge in [-0.3, -0.25) is 4.79 Å². The van der Waals surface area contributed by atoms with Crippen LogP contribution < -0.4 is 0 Å². The molecule has 2 fully saturated rings. The lowest BCUT2D eigenvalue weighted by molar-refractivity contribution is 0.0388. The van der Waals surface area contributed by atoms with Crippen molar-refractivity contribution in [2.45, 2.75) is 44.6 Å². The average Bonchev–Trinajstić information content (AvgIpc) is 2.46. The summed E-state index contributed by atoms with van der Waals surface area (Å²) in [5.41, 5.74) is 0.376. The molecule has 4 heteroatoms. The minimum atomic E-state index is -0.0456. The molecule has 0 radical (unpaired) electrons. The van der Waals surface area contributed by atoms with Crippen molar-refractivity contribution in [3.63, 3.8) is 0 Å². The van der Waals surface area contributed by atoms with Crippen LogP contribution in [-0.2, 0) is 0 Å². The van der Waals surface area contributed by atoms with Crippen LogP contribution in [-0.4, -0.2) is 28.5 Å². The number of aromatic hydroxyl groups is 1. The second-order valence-electron chi connectivity index (χ2n) is 5.91. The summed E-state index contributed by atoms with van der Waals surface area (Å²) < 4.78 is 0. The average molecular weight is 294 g/mol. The second-order valence-corrected chi connectivity index (χ2v) is 6.35. The number of carbonyl (C=O) groups is 1. The predicted octanol–water partition coefficient (Wildman–Crippen LogP) is 3.84. The van der Waals surface area contributed by atoms with E-state index in [1.165, 1.54) is 31.7 Å². The maximum atomic E-state index is 12.7. The summed E-state index contributed by atoms with van der Waals surface area (Å²) in [6.45, 7) is 0.808. The number of phenols is 1. The Hall–Kier alpha value is -1.22. The van der Waals surface area contributed by atoms with Gasteiger partial charge in [0.05, 0.1) is 5.56 Å². The molecule has 2 aliphatic rings. The molecule has 1 N–H and O–H groups in total. The Morgan fingerprint density at radius 2 is 1.95 bits per heavy atom. The molecule has 1 aromatic carbocycles. The zero-order valence-corrected chi connectivity index (χ0v) is 12.3. The zero-order chi connectivity index (χ0) is 14.1. The van der Waals surface area contributed by atoms with Gasteiger partial charge < -0.3 is 10.0 Å². The van der Waals surface area contributed by atoms with Gasteiger partial charge in [0, 0.05) is 17.6 Å². The topological polar surface area (TPSA) is 40.5 Å². The van der Waals surface area contributed by atoms with Crippen LogP contribution in [0.2, 0.25) is 5.02 Å². The molecule has 1 saturated carbocycles. The van der Waals surface area contributed by atoms with Crippen molar-refractivity contribution in [2.75, 3.05) is 6.54 Å². The fourth-order valence-electron chi connectivity index (χ4n) is 3.72. The number of hydrogen-bond donors (Lipinski definition) is 1. The van der Waals surface area contributed by atoms with E-state index in [9.17, 15) is 9.90 Å². The molecule has 1 aliphatic heterocycles. The first-order chi connectivity index (χ1) is 9.66. The van der Waals surface area contributed by atoms with Crippen LogP contribution in [0.1, 0.15) is 48.9 Å². The van der Waals surface area contributed by atoms with Crippen molar-refractivity contribution in [1.29, 1.82) is 0 Å². The molecule has 1 aromatic rings. The summed E-state index contributed by atoms with van der Waals surface area (Å²) in [6, 6.07) is 5.10. The van der Waals surface area contributed by atoms with E-state index in [2.05, 4.69) is 0 Å².